The number of hydrogen-bond acceptors (Lipinski definition) is 3. The average Bonchev–Trinajstić information content (AvgIpc) is 2.33. The third kappa shape index (κ3) is 3.32. The Morgan fingerprint density at radius 3 is 2.40 bits per heavy atom. The number of hydrogen-bond donors (Lipinski definition) is 2. The first-order chi connectivity index (χ1) is 9.45. The summed E-state index contributed by atoms with van der Waals surface area (Å²) in [5, 5.41) is 3.09. The molecule has 2 aromatic rings. The van der Waals surface area contributed by atoms with Crippen molar-refractivity contribution >= 4 is 17.6 Å². The topological polar surface area (TPSA) is 76.2 Å². The molecule has 5 heteroatoms. The van der Waals surface area contributed by atoms with E-state index in [0.717, 1.165) is 22.6 Å². The molecular formula is C15H19N5. The minimum Gasteiger partial charge on any atom is -0.369 e. The lowest BCUT2D eigenvalue weighted by Gasteiger charge is -2.10. The molecule has 20 heavy (non-hydrogen) atoms. The molecule has 0 amide bonds. The summed E-state index contributed by atoms with van der Waals surface area (Å²) in [6.07, 6.45) is 0. The van der Waals surface area contributed by atoms with Crippen LogP contribution >= 0.6 is 0 Å². The highest BCUT2D eigenvalue weighted by Gasteiger charge is 2.03. The third-order valence-corrected chi connectivity index (χ3v) is 3.06. The number of nitrogens with two attached hydrogens (primary N) is 1. The van der Waals surface area contributed by atoms with Gasteiger partial charge in [0.15, 0.2) is 0 Å². The van der Waals surface area contributed by atoms with Crippen molar-refractivity contribution in [1.29, 1.82) is 0 Å². The SMILES string of the molecule is Cc1cc(C)nc(N=C(N)Nc2cccc(C)c2C)n1. The van der Waals surface area contributed by atoms with Crippen molar-refractivity contribution in [3.05, 3.63) is 46.8 Å². The number of anilines is 1. The van der Waals surface area contributed by atoms with E-state index in [0.29, 0.717) is 5.95 Å². The van der Waals surface area contributed by atoms with Gasteiger partial charge in [-0.15, -0.1) is 0 Å². The molecule has 0 aliphatic rings. The van der Waals surface area contributed by atoms with Gasteiger partial charge in [-0.05, 0) is 51.0 Å². The number of nitrogens with one attached hydrogen (secondary N) is 1. The lowest BCUT2D eigenvalue weighted by molar-refractivity contribution is 1.04. The minimum atomic E-state index is 0.281. The van der Waals surface area contributed by atoms with Crippen LogP contribution in [0.15, 0.2) is 29.3 Å². The number of aliphatic imine (C=N–C) groups is 1. The number of guanidine groups is 1. The second-order valence-corrected chi connectivity index (χ2v) is 4.82. The van der Waals surface area contributed by atoms with Crippen LogP contribution in [0.4, 0.5) is 11.6 Å². The van der Waals surface area contributed by atoms with Gasteiger partial charge in [0, 0.05) is 17.1 Å². The first kappa shape index (κ1) is 14.0. The molecule has 0 atom stereocenters. The zero-order valence-electron chi connectivity index (χ0n) is 12.2. The molecular weight excluding hydrogens is 250 g/mol. The maximum Gasteiger partial charge on any atom is 0.253 e. The largest absolute Gasteiger partial charge is 0.369 e. The Morgan fingerprint density at radius 2 is 1.75 bits per heavy atom. The quantitative estimate of drug-likeness (QED) is 0.649. The third-order valence-electron chi connectivity index (χ3n) is 3.06. The van der Waals surface area contributed by atoms with Gasteiger partial charge >= 0.3 is 0 Å². The summed E-state index contributed by atoms with van der Waals surface area (Å²) in [6, 6.07) is 7.90. The maximum atomic E-state index is 5.92. The summed E-state index contributed by atoms with van der Waals surface area (Å²) in [6.45, 7) is 7.91. The van der Waals surface area contributed by atoms with Gasteiger partial charge in [-0.2, -0.15) is 4.99 Å². The Balaban J connectivity index is 2.25. The normalized spacial score (nSPS) is 11.5. The Hall–Kier alpha value is -2.43. The van der Waals surface area contributed by atoms with E-state index in [1.807, 2.05) is 39.0 Å². The van der Waals surface area contributed by atoms with E-state index in [1.165, 1.54) is 5.56 Å². The monoisotopic (exact) mass is 269 g/mol. The molecule has 0 radical (unpaired) electrons. The second-order valence-electron chi connectivity index (χ2n) is 4.82. The molecule has 1 heterocycles. The Labute approximate surface area is 119 Å². The van der Waals surface area contributed by atoms with E-state index in [4.69, 9.17) is 5.73 Å². The maximum absolute atomic E-state index is 5.92. The fraction of sp³-hybridized carbons (Fsp3) is 0.267. The van der Waals surface area contributed by atoms with Crippen molar-refractivity contribution in [2.24, 2.45) is 10.7 Å². The molecule has 5 nitrogen and oxygen atoms in total. The molecule has 0 fully saturated rings. The fourth-order valence-electron chi connectivity index (χ4n) is 1.92. The summed E-state index contributed by atoms with van der Waals surface area (Å²) in [4.78, 5) is 12.7. The Morgan fingerprint density at radius 1 is 1.10 bits per heavy atom. The molecule has 3 N–H and O–H groups in total. The van der Waals surface area contributed by atoms with Crippen molar-refractivity contribution in [3.8, 4) is 0 Å². The summed E-state index contributed by atoms with van der Waals surface area (Å²) < 4.78 is 0. The number of benzene rings is 1. The molecule has 1 aromatic heterocycles. The predicted octanol–water partition coefficient (Wildman–Crippen LogP) is 2.77. The summed E-state index contributed by atoms with van der Waals surface area (Å²) in [7, 11) is 0. The lowest BCUT2D eigenvalue weighted by Crippen LogP contribution is -2.22. The number of aromatic nitrogens is 2. The fourth-order valence-corrected chi connectivity index (χ4v) is 1.92. The molecule has 0 aliphatic heterocycles. The highest BCUT2D eigenvalue weighted by atomic mass is 15.2. The molecule has 104 valence electrons. The van der Waals surface area contributed by atoms with E-state index in [2.05, 4.69) is 33.3 Å². The summed E-state index contributed by atoms with van der Waals surface area (Å²) in [5.41, 5.74) is 10.9. The van der Waals surface area contributed by atoms with E-state index >= 15 is 0 Å². The second kappa shape index (κ2) is 5.69. The minimum absolute atomic E-state index is 0.281. The number of nitrogens with zero attached hydrogens (tertiary/aromatic N) is 3. The average molecular weight is 269 g/mol. The summed E-state index contributed by atoms with van der Waals surface area (Å²) >= 11 is 0. The van der Waals surface area contributed by atoms with Gasteiger partial charge in [0.1, 0.15) is 0 Å². The van der Waals surface area contributed by atoms with Gasteiger partial charge in [-0.25, -0.2) is 9.97 Å². The molecule has 0 saturated heterocycles. The van der Waals surface area contributed by atoms with E-state index in [-0.39, 0.29) is 5.96 Å². The van der Waals surface area contributed by atoms with E-state index < -0.39 is 0 Å². The van der Waals surface area contributed by atoms with Gasteiger partial charge in [-0.1, -0.05) is 12.1 Å². The standard InChI is InChI=1S/C15H19N5/c1-9-6-5-7-13(12(9)4)19-14(16)20-15-17-10(2)8-11(3)18-15/h5-8H,1-4H3,(H3,16,17,18,19,20). The van der Waals surface area contributed by atoms with Crippen LogP contribution in [0.3, 0.4) is 0 Å². The van der Waals surface area contributed by atoms with Gasteiger partial charge in [0.2, 0.25) is 5.96 Å². The van der Waals surface area contributed by atoms with Crippen LogP contribution in [0.5, 0.6) is 0 Å². The molecule has 0 spiro atoms. The molecule has 2 rings (SSSR count). The van der Waals surface area contributed by atoms with Crippen LogP contribution in [-0.2, 0) is 0 Å². The van der Waals surface area contributed by atoms with Gasteiger partial charge in [0.05, 0.1) is 0 Å². The van der Waals surface area contributed by atoms with Gasteiger partial charge in [-0.3, -0.25) is 0 Å². The predicted molar refractivity (Wildman–Crippen MR) is 82.3 cm³/mol. The van der Waals surface area contributed by atoms with Crippen molar-refractivity contribution in [3.63, 3.8) is 0 Å². The zero-order chi connectivity index (χ0) is 14.7. The van der Waals surface area contributed by atoms with Crippen LogP contribution in [0.25, 0.3) is 0 Å². The molecule has 0 saturated carbocycles. The lowest BCUT2D eigenvalue weighted by atomic mass is 10.1. The van der Waals surface area contributed by atoms with Crippen LogP contribution in [0, 0.1) is 27.7 Å². The van der Waals surface area contributed by atoms with E-state index in [9.17, 15) is 0 Å². The van der Waals surface area contributed by atoms with Crippen LogP contribution in [0.2, 0.25) is 0 Å². The van der Waals surface area contributed by atoms with Crippen LogP contribution in [-0.4, -0.2) is 15.9 Å². The number of aryl methyl sites for hydroxylation is 3. The van der Waals surface area contributed by atoms with Gasteiger partial charge < -0.3 is 11.1 Å². The first-order valence-electron chi connectivity index (χ1n) is 6.45. The smallest absolute Gasteiger partial charge is 0.253 e. The van der Waals surface area contributed by atoms with Gasteiger partial charge in [0.25, 0.3) is 5.95 Å². The first-order valence-corrected chi connectivity index (χ1v) is 6.45. The van der Waals surface area contributed by atoms with Crippen molar-refractivity contribution in [1.82, 2.24) is 9.97 Å². The highest BCUT2D eigenvalue weighted by molar-refractivity contribution is 5.94. The van der Waals surface area contributed by atoms with E-state index in [1.54, 1.807) is 0 Å². The zero-order valence-corrected chi connectivity index (χ0v) is 12.2. The van der Waals surface area contributed by atoms with Crippen LogP contribution in [0.1, 0.15) is 22.5 Å². The molecule has 0 bridgehead atoms. The molecule has 0 aliphatic carbocycles. The Bertz CT molecular complexity index is 641. The Kier molecular flexibility index (Phi) is 3.98. The number of rotatable bonds is 2. The van der Waals surface area contributed by atoms with Crippen molar-refractivity contribution < 1.29 is 0 Å². The van der Waals surface area contributed by atoms with Crippen LogP contribution < -0.4 is 11.1 Å². The van der Waals surface area contributed by atoms with Crippen molar-refractivity contribution in [2.75, 3.05) is 5.32 Å². The summed E-state index contributed by atoms with van der Waals surface area (Å²) in [5.74, 6) is 0.654. The van der Waals surface area contributed by atoms with Crippen molar-refractivity contribution in [2.45, 2.75) is 27.7 Å². The molecule has 1 aromatic carbocycles. The molecule has 0 unspecified atom stereocenters. The highest BCUT2D eigenvalue weighted by Crippen LogP contribution is 2.18.